The molecule has 1 aliphatic heterocycles. The summed E-state index contributed by atoms with van der Waals surface area (Å²) in [6, 6.07) is 21.0. The molecule has 37 heavy (non-hydrogen) atoms. The summed E-state index contributed by atoms with van der Waals surface area (Å²) in [6.07, 6.45) is 0.709. The lowest BCUT2D eigenvalue weighted by Gasteiger charge is -2.51. The Hall–Kier alpha value is -3.45. The Balaban J connectivity index is 1.81. The maximum Gasteiger partial charge on any atom is 0.256 e. The van der Waals surface area contributed by atoms with Gasteiger partial charge in [-0.05, 0) is 67.8 Å². The Kier molecular flexibility index (Phi) is 7.04. The van der Waals surface area contributed by atoms with E-state index >= 15 is 0 Å². The van der Waals surface area contributed by atoms with Crippen LogP contribution in [0.5, 0.6) is 0 Å². The molecular formula is C30H32BrN3O3. The third-order valence-corrected chi connectivity index (χ3v) is 7.56. The number of rotatable bonds is 4. The first-order valence-electron chi connectivity index (χ1n) is 12.2. The second-order valence-corrected chi connectivity index (χ2v) is 11.5. The zero-order chi connectivity index (χ0) is 27.1. The van der Waals surface area contributed by atoms with E-state index in [4.69, 9.17) is 0 Å². The van der Waals surface area contributed by atoms with Gasteiger partial charge in [0.1, 0.15) is 0 Å². The Morgan fingerprint density at radius 2 is 1.59 bits per heavy atom. The van der Waals surface area contributed by atoms with Crippen molar-refractivity contribution >= 4 is 45.0 Å². The molecule has 4 rings (SSSR count). The molecule has 3 aromatic carbocycles. The number of amides is 3. The molecule has 3 amide bonds. The second kappa shape index (κ2) is 9.78. The standard InChI is InChI=1S/C30H32BrN3O3/c1-19(35)34-26-15-13-22(32-27(36)24-16-21(31)12-14-23(24)28(37)33(5)6)17-25(26)30(4,18-29(34,2)3)20-10-8-7-9-11-20/h7-17H,18H2,1-6H3,(H,32,36). The summed E-state index contributed by atoms with van der Waals surface area (Å²) in [4.78, 5) is 42.2. The van der Waals surface area contributed by atoms with Gasteiger partial charge in [0.15, 0.2) is 0 Å². The number of fused-ring (bicyclic) bond motifs is 1. The summed E-state index contributed by atoms with van der Waals surface area (Å²) < 4.78 is 0.703. The molecule has 3 aromatic rings. The molecule has 0 radical (unpaired) electrons. The molecule has 1 unspecified atom stereocenters. The van der Waals surface area contributed by atoms with Gasteiger partial charge in [0, 0.05) is 47.8 Å². The number of hydrogen-bond donors (Lipinski definition) is 1. The number of carbonyl (C=O) groups excluding carboxylic acids is 3. The van der Waals surface area contributed by atoms with E-state index < -0.39 is 11.0 Å². The van der Waals surface area contributed by atoms with Gasteiger partial charge in [-0.1, -0.05) is 53.2 Å². The van der Waals surface area contributed by atoms with E-state index in [2.05, 4.69) is 54.2 Å². The summed E-state index contributed by atoms with van der Waals surface area (Å²) in [6.45, 7) is 7.95. The van der Waals surface area contributed by atoms with Gasteiger partial charge in [-0.3, -0.25) is 14.4 Å². The minimum atomic E-state index is -0.411. The Bertz CT molecular complexity index is 1380. The Morgan fingerprint density at radius 3 is 2.22 bits per heavy atom. The molecule has 1 aliphatic rings. The van der Waals surface area contributed by atoms with Crippen molar-refractivity contribution in [2.45, 2.75) is 45.1 Å². The Morgan fingerprint density at radius 1 is 0.919 bits per heavy atom. The first-order chi connectivity index (χ1) is 17.3. The van der Waals surface area contributed by atoms with Crippen LogP contribution in [0, 0.1) is 0 Å². The highest BCUT2D eigenvalue weighted by Crippen LogP contribution is 2.51. The highest BCUT2D eigenvalue weighted by Gasteiger charge is 2.47. The average Bonchev–Trinajstić information content (AvgIpc) is 2.83. The lowest BCUT2D eigenvalue weighted by molar-refractivity contribution is -0.117. The molecule has 0 aromatic heterocycles. The van der Waals surface area contributed by atoms with Crippen LogP contribution in [-0.4, -0.2) is 42.3 Å². The SMILES string of the molecule is CC(=O)N1c2ccc(NC(=O)c3cc(Br)ccc3C(=O)N(C)C)cc2C(C)(c2ccccc2)CC1(C)C. The quantitative estimate of drug-likeness (QED) is 0.409. The van der Waals surface area contributed by atoms with E-state index in [0.717, 1.165) is 16.8 Å². The van der Waals surface area contributed by atoms with Crippen molar-refractivity contribution in [2.75, 3.05) is 24.3 Å². The normalized spacial score (nSPS) is 18.1. The zero-order valence-electron chi connectivity index (χ0n) is 22.1. The summed E-state index contributed by atoms with van der Waals surface area (Å²) in [5.74, 6) is -0.661. The van der Waals surface area contributed by atoms with Crippen LogP contribution in [0.4, 0.5) is 11.4 Å². The van der Waals surface area contributed by atoms with Crippen LogP contribution in [0.1, 0.15) is 66.0 Å². The average molecular weight is 563 g/mol. The minimum Gasteiger partial charge on any atom is -0.345 e. The van der Waals surface area contributed by atoms with E-state index in [1.165, 1.54) is 4.90 Å². The third kappa shape index (κ3) is 4.92. The van der Waals surface area contributed by atoms with Gasteiger partial charge in [0.05, 0.1) is 11.1 Å². The topological polar surface area (TPSA) is 69.7 Å². The predicted molar refractivity (Wildman–Crippen MR) is 151 cm³/mol. The molecule has 0 saturated heterocycles. The molecule has 7 heteroatoms. The van der Waals surface area contributed by atoms with Crippen LogP contribution in [0.15, 0.2) is 71.2 Å². The smallest absolute Gasteiger partial charge is 0.256 e. The number of nitrogens with one attached hydrogen (secondary N) is 1. The van der Waals surface area contributed by atoms with E-state index in [-0.39, 0.29) is 23.3 Å². The number of nitrogens with zero attached hydrogens (tertiary/aromatic N) is 2. The number of hydrogen-bond acceptors (Lipinski definition) is 3. The van der Waals surface area contributed by atoms with Gasteiger partial charge < -0.3 is 15.1 Å². The van der Waals surface area contributed by atoms with Crippen molar-refractivity contribution in [1.82, 2.24) is 4.90 Å². The number of anilines is 2. The second-order valence-electron chi connectivity index (χ2n) is 10.6. The van der Waals surface area contributed by atoms with Crippen LogP contribution in [0.25, 0.3) is 0 Å². The third-order valence-electron chi connectivity index (χ3n) is 7.07. The van der Waals surface area contributed by atoms with Crippen molar-refractivity contribution in [3.63, 3.8) is 0 Å². The lowest BCUT2D eigenvalue weighted by Crippen LogP contribution is -2.55. The van der Waals surface area contributed by atoms with Crippen molar-refractivity contribution in [3.8, 4) is 0 Å². The summed E-state index contributed by atoms with van der Waals surface area (Å²) in [7, 11) is 3.31. The van der Waals surface area contributed by atoms with E-state index in [9.17, 15) is 14.4 Å². The monoisotopic (exact) mass is 561 g/mol. The summed E-state index contributed by atoms with van der Waals surface area (Å²) in [5.41, 5.74) is 3.33. The fraction of sp³-hybridized carbons (Fsp3) is 0.300. The highest BCUT2D eigenvalue weighted by molar-refractivity contribution is 9.10. The molecule has 6 nitrogen and oxygen atoms in total. The number of benzene rings is 3. The van der Waals surface area contributed by atoms with Crippen LogP contribution in [0.2, 0.25) is 0 Å². The molecule has 1 N–H and O–H groups in total. The molecule has 0 saturated carbocycles. The maximum atomic E-state index is 13.4. The van der Waals surface area contributed by atoms with Gasteiger partial charge in [-0.2, -0.15) is 0 Å². The molecule has 0 bridgehead atoms. The molecule has 1 heterocycles. The zero-order valence-corrected chi connectivity index (χ0v) is 23.6. The van der Waals surface area contributed by atoms with Crippen LogP contribution >= 0.6 is 15.9 Å². The molecule has 0 aliphatic carbocycles. The summed E-state index contributed by atoms with van der Waals surface area (Å²) >= 11 is 3.41. The van der Waals surface area contributed by atoms with E-state index in [1.807, 2.05) is 41.3 Å². The van der Waals surface area contributed by atoms with E-state index in [0.29, 0.717) is 22.1 Å². The predicted octanol–water partition coefficient (Wildman–Crippen LogP) is 6.24. The van der Waals surface area contributed by atoms with Crippen molar-refractivity contribution in [3.05, 3.63) is 93.5 Å². The van der Waals surface area contributed by atoms with Crippen molar-refractivity contribution in [1.29, 1.82) is 0 Å². The van der Waals surface area contributed by atoms with Gasteiger partial charge in [-0.15, -0.1) is 0 Å². The fourth-order valence-corrected chi connectivity index (χ4v) is 5.97. The highest BCUT2D eigenvalue weighted by atomic mass is 79.9. The lowest BCUT2D eigenvalue weighted by atomic mass is 9.65. The van der Waals surface area contributed by atoms with Crippen LogP contribution < -0.4 is 10.2 Å². The number of halogens is 1. The van der Waals surface area contributed by atoms with Gasteiger partial charge >= 0.3 is 0 Å². The van der Waals surface area contributed by atoms with Gasteiger partial charge in [0.25, 0.3) is 11.8 Å². The van der Waals surface area contributed by atoms with Crippen LogP contribution in [0.3, 0.4) is 0 Å². The summed E-state index contributed by atoms with van der Waals surface area (Å²) in [5, 5.41) is 2.99. The Labute approximate surface area is 226 Å². The first kappa shape index (κ1) is 26.6. The molecule has 0 spiro atoms. The largest absolute Gasteiger partial charge is 0.345 e. The first-order valence-corrected chi connectivity index (χ1v) is 13.0. The van der Waals surface area contributed by atoms with Crippen molar-refractivity contribution < 1.29 is 14.4 Å². The fourth-order valence-electron chi connectivity index (χ4n) is 5.61. The van der Waals surface area contributed by atoms with E-state index in [1.54, 1.807) is 39.2 Å². The maximum absolute atomic E-state index is 13.4. The molecule has 192 valence electrons. The van der Waals surface area contributed by atoms with Gasteiger partial charge in [0.2, 0.25) is 5.91 Å². The minimum absolute atomic E-state index is 0.0286. The van der Waals surface area contributed by atoms with Crippen LogP contribution in [-0.2, 0) is 10.2 Å². The molecule has 0 fully saturated rings. The molecule has 1 atom stereocenters. The van der Waals surface area contributed by atoms with Gasteiger partial charge in [-0.25, -0.2) is 0 Å². The van der Waals surface area contributed by atoms with Crippen molar-refractivity contribution in [2.24, 2.45) is 0 Å². The number of carbonyl (C=O) groups is 3. The molecular weight excluding hydrogens is 530 g/mol.